The van der Waals surface area contributed by atoms with Crippen molar-refractivity contribution >= 4 is 33.4 Å². The summed E-state index contributed by atoms with van der Waals surface area (Å²) in [4.78, 5) is 24.7. The number of nitrogens with one attached hydrogen (secondary N) is 2. The summed E-state index contributed by atoms with van der Waals surface area (Å²) in [5, 5.41) is 5.43. The smallest absolute Gasteiger partial charge is 0.255 e. The Bertz CT molecular complexity index is 990. The van der Waals surface area contributed by atoms with Gasteiger partial charge in [0.2, 0.25) is 5.91 Å². The molecule has 28 heavy (non-hydrogen) atoms. The van der Waals surface area contributed by atoms with E-state index in [9.17, 15) is 9.59 Å². The summed E-state index contributed by atoms with van der Waals surface area (Å²) >= 11 is 3.39. The van der Waals surface area contributed by atoms with E-state index in [4.69, 9.17) is 4.74 Å². The Morgan fingerprint density at radius 2 is 1.68 bits per heavy atom. The highest BCUT2D eigenvalue weighted by molar-refractivity contribution is 9.10. The van der Waals surface area contributed by atoms with Gasteiger partial charge < -0.3 is 15.4 Å². The van der Waals surface area contributed by atoms with Crippen LogP contribution >= 0.6 is 15.9 Å². The van der Waals surface area contributed by atoms with Gasteiger partial charge in [-0.2, -0.15) is 0 Å². The Kier molecular flexibility index (Phi) is 6.45. The minimum Gasteiger partial charge on any atom is -0.457 e. The quantitative estimate of drug-likeness (QED) is 0.573. The monoisotopic (exact) mass is 438 g/mol. The predicted octanol–water partition coefficient (Wildman–Crippen LogP) is 4.92. The first-order chi connectivity index (χ1) is 13.5. The average molecular weight is 439 g/mol. The lowest BCUT2D eigenvalue weighted by molar-refractivity contribution is -0.115. The third-order valence-corrected chi connectivity index (χ3v) is 4.47. The molecule has 0 spiro atoms. The second kappa shape index (κ2) is 9.19. The summed E-state index contributed by atoms with van der Waals surface area (Å²) < 4.78 is 6.73. The third kappa shape index (κ3) is 5.20. The number of hydrogen-bond acceptors (Lipinski definition) is 3. The zero-order valence-corrected chi connectivity index (χ0v) is 16.8. The molecule has 2 amide bonds. The fourth-order valence-electron chi connectivity index (χ4n) is 2.58. The Morgan fingerprint density at radius 3 is 2.43 bits per heavy atom. The molecule has 0 aliphatic carbocycles. The zero-order chi connectivity index (χ0) is 19.9. The van der Waals surface area contributed by atoms with Gasteiger partial charge in [-0.1, -0.05) is 46.3 Å². The van der Waals surface area contributed by atoms with E-state index in [-0.39, 0.29) is 18.4 Å². The van der Waals surface area contributed by atoms with Gasteiger partial charge in [0.25, 0.3) is 5.91 Å². The number of anilines is 1. The number of benzene rings is 3. The van der Waals surface area contributed by atoms with Crippen LogP contribution in [0.4, 0.5) is 5.69 Å². The first-order valence-electron chi connectivity index (χ1n) is 8.69. The second-order valence-corrected chi connectivity index (χ2v) is 7.02. The van der Waals surface area contributed by atoms with E-state index in [2.05, 4.69) is 26.6 Å². The Labute approximate surface area is 171 Å². The van der Waals surface area contributed by atoms with E-state index < -0.39 is 0 Å². The lowest BCUT2D eigenvalue weighted by Crippen LogP contribution is -2.33. The lowest BCUT2D eigenvalue weighted by Gasteiger charge is -2.12. The Balaban J connectivity index is 1.62. The molecule has 3 aromatic carbocycles. The standard InChI is InChI=1S/C22H19BrN2O3/c1-15-13-16(23)11-12-19(15)25-21(26)14-24-22(27)18-9-5-6-10-20(18)28-17-7-3-2-4-8-17/h2-13H,14H2,1H3,(H,24,27)(H,25,26). The van der Waals surface area contributed by atoms with Gasteiger partial charge >= 0.3 is 0 Å². The van der Waals surface area contributed by atoms with Gasteiger partial charge in [-0.3, -0.25) is 9.59 Å². The summed E-state index contributed by atoms with van der Waals surface area (Å²) in [6.45, 7) is 1.75. The zero-order valence-electron chi connectivity index (χ0n) is 15.2. The molecule has 0 atom stereocenters. The normalized spacial score (nSPS) is 10.2. The molecule has 0 saturated carbocycles. The maximum Gasteiger partial charge on any atom is 0.255 e. The summed E-state index contributed by atoms with van der Waals surface area (Å²) in [7, 11) is 0. The van der Waals surface area contributed by atoms with Crippen LogP contribution in [-0.4, -0.2) is 18.4 Å². The van der Waals surface area contributed by atoms with Crippen LogP contribution in [0.15, 0.2) is 77.3 Å². The van der Waals surface area contributed by atoms with Crippen LogP contribution < -0.4 is 15.4 Å². The van der Waals surface area contributed by atoms with Gasteiger partial charge in [-0.25, -0.2) is 0 Å². The average Bonchev–Trinajstić information content (AvgIpc) is 2.69. The van der Waals surface area contributed by atoms with Crippen molar-refractivity contribution in [2.24, 2.45) is 0 Å². The molecule has 0 fully saturated rings. The SMILES string of the molecule is Cc1cc(Br)ccc1NC(=O)CNC(=O)c1ccccc1Oc1ccccc1. The molecule has 2 N–H and O–H groups in total. The van der Waals surface area contributed by atoms with Gasteiger partial charge in [0.05, 0.1) is 12.1 Å². The van der Waals surface area contributed by atoms with Crippen LogP contribution in [0.3, 0.4) is 0 Å². The topological polar surface area (TPSA) is 67.4 Å². The van der Waals surface area contributed by atoms with Crippen molar-refractivity contribution < 1.29 is 14.3 Å². The second-order valence-electron chi connectivity index (χ2n) is 6.10. The molecule has 3 aromatic rings. The highest BCUT2D eigenvalue weighted by Crippen LogP contribution is 2.25. The van der Waals surface area contributed by atoms with E-state index in [0.717, 1.165) is 10.0 Å². The fourth-order valence-corrected chi connectivity index (χ4v) is 3.05. The summed E-state index contributed by atoms with van der Waals surface area (Å²) in [6, 6.07) is 21.7. The van der Waals surface area contributed by atoms with Crippen molar-refractivity contribution in [3.05, 3.63) is 88.4 Å². The van der Waals surface area contributed by atoms with Crippen LogP contribution in [0.1, 0.15) is 15.9 Å². The first kappa shape index (κ1) is 19.6. The van der Waals surface area contributed by atoms with E-state index in [1.165, 1.54) is 0 Å². The van der Waals surface area contributed by atoms with Crippen molar-refractivity contribution in [1.82, 2.24) is 5.32 Å². The Morgan fingerprint density at radius 1 is 0.964 bits per heavy atom. The number of rotatable bonds is 6. The highest BCUT2D eigenvalue weighted by atomic mass is 79.9. The van der Waals surface area contributed by atoms with Crippen LogP contribution in [0.5, 0.6) is 11.5 Å². The molecule has 3 rings (SSSR count). The number of hydrogen-bond donors (Lipinski definition) is 2. The molecule has 0 aliphatic rings. The number of carbonyl (C=O) groups excluding carboxylic acids is 2. The van der Waals surface area contributed by atoms with Crippen molar-refractivity contribution in [3.8, 4) is 11.5 Å². The number of amides is 2. The highest BCUT2D eigenvalue weighted by Gasteiger charge is 2.14. The molecule has 0 aliphatic heterocycles. The van der Waals surface area contributed by atoms with E-state index in [1.807, 2.05) is 55.5 Å². The summed E-state index contributed by atoms with van der Waals surface area (Å²) in [5.74, 6) is 0.371. The van der Waals surface area contributed by atoms with E-state index >= 15 is 0 Å². The number of halogens is 1. The molecule has 6 heteroatoms. The van der Waals surface area contributed by atoms with Gasteiger partial charge in [-0.15, -0.1) is 0 Å². The molecule has 0 bridgehead atoms. The fraction of sp³-hybridized carbons (Fsp3) is 0.0909. The van der Waals surface area contributed by atoms with Crippen molar-refractivity contribution in [2.45, 2.75) is 6.92 Å². The number of para-hydroxylation sites is 2. The summed E-state index contributed by atoms with van der Waals surface area (Å²) in [5.41, 5.74) is 1.99. The minimum atomic E-state index is -0.380. The van der Waals surface area contributed by atoms with Gasteiger partial charge in [-0.05, 0) is 55.0 Å². The molecule has 0 saturated heterocycles. The first-order valence-corrected chi connectivity index (χ1v) is 9.48. The van der Waals surface area contributed by atoms with Crippen molar-refractivity contribution in [3.63, 3.8) is 0 Å². The minimum absolute atomic E-state index is 0.145. The van der Waals surface area contributed by atoms with Gasteiger partial charge in [0.15, 0.2) is 0 Å². The summed E-state index contributed by atoms with van der Waals surface area (Å²) in [6.07, 6.45) is 0. The van der Waals surface area contributed by atoms with Gasteiger partial charge in [0.1, 0.15) is 11.5 Å². The number of carbonyl (C=O) groups is 2. The number of ether oxygens (including phenoxy) is 1. The van der Waals surface area contributed by atoms with Crippen LogP contribution in [-0.2, 0) is 4.79 Å². The molecule has 0 heterocycles. The molecular weight excluding hydrogens is 420 g/mol. The lowest BCUT2D eigenvalue weighted by atomic mass is 10.2. The van der Waals surface area contributed by atoms with Crippen LogP contribution in [0, 0.1) is 6.92 Å². The Hall–Kier alpha value is -3.12. The molecule has 0 unspecified atom stereocenters. The van der Waals surface area contributed by atoms with E-state index in [1.54, 1.807) is 24.3 Å². The van der Waals surface area contributed by atoms with Crippen molar-refractivity contribution in [1.29, 1.82) is 0 Å². The van der Waals surface area contributed by atoms with Crippen LogP contribution in [0.25, 0.3) is 0 Å². The molecular formula is C22H19BrN2O3. The van der Waals surface area contributed by atoms with Crippen LogP contribution in [0.2, 0.25) is 0 Å². The maximum absolute atomic E-state index is 12.5. The largest absolute Gasteiger partial charge is 0.457 e. The molecule has 142 valence electrons. The third-order valence-electron chi connectivity index (χ3n) is 3.97. The molecule has 0 radical (unpaired) electrons. The number of aryl methyl sites for hydroxylation is 1. The molecule has 0 aromatic heterocycles. The van der Waals surface area contributed by atoms with E-state index in [0.29, 0.717) is 22.7 Å². The van der Waals surface area contributed by atoms with Gasteiger partial charge in [0, 0.05) is 10.2 Å². The predicted molar refractivity (Wildman–Crippen MR) is 113 cm³/mol. The molecule has 5 nitrogen and oxygen atoms in total. The van der Waals surface area contributed by atoms with Crippen molar-refractivity contribution in [2.75, 3.05) is 11.9 Å². The maximum atomic E-state index is 12.5.